The Morgan fingerprint density at radius 2 is 2.11 bits per heavy atom. The van der Waals surface area contributed by atoms with Gasteiger partial charge in [0.2, 0.25) is 0 Å². The fourth-order valence-corrected chi connectivity index (χ4v) is 1.98. The molecule has 1 heterocycles. The fraction of sp³-hybridized carbons (Fsp3) is 0.400. The fourth-order valence-electron chi connectivity index (χ4n) is 1.98. The highest BCUT2D eigenvalue weighted by Gasteiger charge is 2.00. The zero-order valence-electron chi connectivity index (χ0n) is 11.7. The van der Waals surface area contributed by atoms with Gasteiger partial charge in [-0.05, 0) is 24.7 Å². The Morgan fingerprint density at radius 1 is 1.26 bits per heavy atom. The van der Waals surface area contributed by atoms with Crippen molar-refractivity contribution < 1.29 is 0 Å². The van der Waals surface area contributed by atoms with E-state index in [1.165, 1.54) is 11.1 Å². The van der Waals surface area contributed by atoms with Crippen molar-refractivity contribution in [2.24, 2.45) is 0 Å². The third-order valence-electron chi connectivity index (χ3n) is 3.16. The van der Waals surface area contributed by atoms with E-state index in [1.54, 1.807) is 6.20 Å². The molecule has 0 saturated carbocycles. The van der Waals surface area contributed by atoms with Crippen LogP contribution in [-0.2, 0) is 19.6 Å². The summed E-state index contributed by atoms with van der Waals surface area (Å²) in [7, 11) is 2.14. The lowest BCUT2D eigenvalue weighted by Gasteiger charge is -2.14. The maximum atomic E-state index is 4.19. The summed E-state index contributed by atoms with van der Waals surface area (Å²) in [5.41, 5.74) is 2.68. The van der Waals surface area contributed by atoms with E-state index in [-0.39, 0.29) is 0 Å². The summed E-state index contributed by atoms with van der Waals surface area (Å²) in [5.74, 6) is 0.974. The highest BCUT2D eigenvalue weighted by atomic mass is 15.1. The van der Waals surface area contributed by atoms with Crippen molar-refractivity contribution >= 4 is 0 Å². The molecule has 4 heteroatoms. The van der Waals surface area contributed by atoms with Crippen LogP contribution in [0.2, 0.25) is 0 Å². The normalized spacial score (nSPS) is 11.1. The van der Waals surface area contributed by atoms with E-state index < -0.39 is 0 Å². The first-order chi connectivity index (χ1) is 9.28. The first kappa shape index (κ1) is 13.8. The zero-order chi connectivity index (χ0) is 13.5. The van der Waals surface area contributed by atoms with Gasteiger partial charge in [-0.2, -0.15) is 0 Å². The average Bonchev–Trinajstić information content (AvgIpc) is 2.92. The van der Waals surface area contributed by atoms with Gasteiger partial charge < -0.3 is 15.2 Å². The highest BCUT2D eigenvalue weighted by Crippen LogP contribution is 2.07. The van der Waals surface area contributed by atoms with Gasteiger partial charge in [-0.1, -0.05) is 31.2 Å². The van der Waals surface area contributed by atoms with Crippen LogP contribution >= 0.6 is 0 Å². The standard InChI is InChI=1S/C15H22N4/c1-3-19(2)12-14-6-4-5-13(9-14)10-16-11-15-17-7-8-18-15/h4-9,16H,3,10-12H2,1-2H3,(H,17,18). The molecule has 0 aliphatic rings. The number of rotatable bonds is 7. The van der Waals surface area contributed by atoms with Gasteiger partial charge in [-0.3, -0.25) is 0 Å². The lowest BCUT2D eigenvalue weighted by atomic mass is 10.1. The smallest absolute Gasteiger partial charge is 0.120 e. The SMILES string of the molecule is CCN(C)Cc1cccc(CNCc2ncc[nH]2)c1. The number of imidazole rings is 1. The molecule has 0 amide bonds. The predicted octanol–water partition coefficient (Wildman–Crippen LogP) is 2.15. The van der Waals surface area contributed by atoms with Gasteiger partial charge in [-0.15, -0.1) is 0 Å². The second-order valence-corrected chi connectivity index (χ2v) is 4.79. The maximum Gasteiger partial charge on any atom is 0.120 e. The molecule has 0 unspecified atom stereocenters. The Hall–Kier alpha value is -1.65. The van der Waals surface area contributed by atoms with Crippen LogP contribution in [0.15, 0.2) is 36.7 Å². The number of nitrogens with zero attached hydrogens (tertiary/aromatic N) is 2. The van der Waals surface area contributed by atoms with E-state index in [0.717, 1.165) is 32.0 Å². The molecule has 0 radical (unpaired) electrons. The van der Waals surface area contributed by atoms with Gasteiger partial charge in [-0.25, -0.2) is 4.98 Å². The number of nitrogens with one attached hydrogen (secondary N) is 2. The molecule has 4 nitrogen and oxygen atoms in total. The van der Waals surface area contributed by atoms with Crippen molar-refractivity contribution in [3.63, 3.8) is 0 Å². The van der Waals surface area contributed by atoms with E-state index in [0.29, 0.717) is 0 Å². The van der Waals surface area contributed by atoms with Crippen LogP contribution < -0.4 is 5.32 Å². The van der Waals surface area contributed by atoms with Gasteiger partial charge in [0, 0.05) is 25.5 Å². The Morgan fingerprint density at radius 3 is 2.84 bits per heavy atom. The van der Waals surface area contributed by atoms with Crippen LogP contribution in [0.4, 0.5) is 0 Å². The second-order valence-electron chi connectivity index (χ2n) is 4.79. The van der Waals surface area contributed by atoms with Gasteiger partial charge in [0.25, 0.3) is 0 Å². The Labute approximate surface area is 114 Å². The second kappa shape index (κ2) is 7.07. The molecule has 2 aromatic rings. The van der Waals surface area contributed by atoms with E-state index in [2.05, 4.69) is 58.4 Å². The summed E-state index contributed by atoms with van der Waals surface area (Å²) in [6.45, 7) is 5.88. The molecule has 2 rings (SSSR count). The minimum absolute atomic E-state index is 0.770. The summed E-state index contributed by atoms with van der Waals surface area (Å²) in [5, 5.41) is 3.39. The molecule has 0 atom stereocenters. The third-order valence-corrected chi connectivity index (χ3v) is 3.16. The van der Waals surface area contributed by atoms with E-state index in [1.807, 2.05) is 6.20 Å². The summed E-state index contributed by atoms with van der Waals surface area (Å²) < 4.78 is 0. The molecule has 1 aromatic carbocycles. The average molecular weight is 258 g/mol. The number of H-pyrrole nitrogens is 1. The predicted molar refractivity (Wildman–Crippen MR) is 77.6 cm³/mol. The first-order valence-corrected chi connectivity index (χ1v) is 6.73. The van der Waals surface area contributed by atoms with Crippen LogP contribution in [0.5, 0.6) is 0 Å². The lowest BCUT2D eigenvalue weighted by Crippen LogP contribution is -2.17. The van der Waals surface area contributed by atoms with Gasteiger partial charge in [0.15, 0.2) is 0 Å². The van der Waals surface area contributed by atoms with Crippen molar-refractivity contribution in [2.75, 3.05) is 13.6 Å². The lowest BCUT2D eigenvalue weighted by molar-refractivity contribution is 0.345. The highest BCUT2D eigenvalue weighted by molar-refractivity contribution is 5.23. The molecule has 102 valence electrons. The van der Waals surface area contributed by atoms with Crippen LogP contribution in [0.3, 0.4) is 0 Å². The molecule has 0 bridgehead atoms. The quantitative estimate of drug-likeness (QED) is 0.800. The number of hydrogen-bond donors (Lipinski definition) is 2. The molecular weight excluding hydrogens is 236 g/mol. The molecule has 0 aliphatic carbocycles. The summed E-state index contributed by atoms with van der Waals surface area (Å²) in [4.78, 5) is 9.58. The zero-order valence-corrected chi connectivity index (χ0v) is 11.7. The monoisotopic (exact) mass is 258 g/mol. The van der Waals surface area contributed by atoms with Crippen molar-refractivity contribution in [3.8, 4) is 0 Å². The molecule has 0 saturated heterocycles. The number of hydrogen-bond acceptors (Lipinski definition) is 3. The van der Waals surface area contributed by atoms with Crippen LogP contribution in [0.1, 0.15) is 23.9 Å². The number of aromatic nitrogens is 2. The van der Waals surface area contributed by atoms with E-state index in [9.17, 15) is 0 Å². The summed E-state index contributed by atoms with van der Waals surface area (Å²) in [6, 6.07) is 8.73. The Bertz CT molecular complexity index is 479. The molecule has 0 aliphatic heterocycles. The number of benzene rings is 1. The molecule has 2 N–H and O–H groups in total. The summed E-state index contributed by atoms with van der Waals surface area (Å²) in [6.07, 6.45) is 3.62. The van der Waals surface area contributed by atoms with Crippen molar-refractivity contribution in [1.29, 1.82) is 0 Å². The topological polar surface area (TPSA) is 44.0 Å². The minimum Gasteiger partial charge on any atom is -0.348 e. The minimum atomic E-state index is 0.770. The molecule has 0 spiro atoms. The van der Waals surface area contributed by atoms with Crippen molar-refractivity contribution in [3.05, 3.63) is 53.6 Å². The third kappa shape index (κ3) is 4.50. The van der Waals surface area contributed by atoms with Gasteiger partial charge >= 0.3 is 0 Å². The van der Waals surface area contributed by atoms with Crippen LogP contribution in [-0.4, -0.2) is 28.5 Å². The van der Waals surface area contributed by atoms with E-state index in [4.69, 9.17) is 0 Å². The van der Waals surface area contributed by atoms with E-state index >= 15 is 0 Å². The maximum absolute atomic E-state index is 4.19. The van der Waals surface area contributed by atoms with Gasteiger partial charge in [0.1, 0.15) is 5.82 Å². The summed E-state index contributed by atoms with van der Waals surface area (Å²) >= 11 is 0. The Kier molecular flexibility index (Phi) is 5.12. The van der Waals surface area contributed by atoms with Crippen LogP contribution in [0.25, 0.3) is 0 Å². The molecule has 0 fully saturated rings. The largest absolute Gasteiger partial charge is 0.348 e. The number of aromatic amines is 1. The van der Waals surface area contributed by atoms with Crippen molar-refractivity contribution in [2.45, 2.75) is 26.6 Å². The van der Waals surface area contributed by atoms with Crippen LogP contribution in [0, 0.1) is 0 Å². The molecule has 19 heavy (non-hydrogen) atoms. The Balaban J connectivity index is 1.84. The first-order valence-electron chi connectivity index (χ1n) is 6.73. The van der Waals surface area contributed by atoms with Crippen molar-refractivity contribution in [1.82, 2.24) is 20.2 Å². The molecular formula is C15H22N4. The van der Waals surface area contributed by atoms with Gasteiger partial charge in [0.05, 0.1) is 6.54 Å². The molecule has 1 aromatic heterocycles.